The normalized spacial score (nSPS) is 45.1. The Labute approximate surface area is 120 Å². The number of hydrogen-bond donors (Lipinski definition) is 2. The molecule has 0 amide bonds. The van der Waals surface area contributed by atoms with Crippen LogP contribution in [0.3, 0.4) is 0 Å². The molecule has 0 bridgehead atoms. The molecule has 0 spiro atoms. The Bertz CT molecular complexity index is 332. The Morgan fingerprint density at radius 1 is 1.44 bits per heavy atom. The second kappa shape index (κ2) is 5.78. The molecule has 4 heteroatoms. The molecule has 0 aromatic rings. The average molecular weight is 287 g/mol. The average Bonchev–Trinajstić information content (AvgIpc) is 2.73. The molecule has 2 aliphatic rings. The van der Waals surface area contributed by atoms with Crippen molar-refractivity contribution in [3.63, 3.8) is 0 Å². The summed E-state index contributed by atoms with van der Waals surface area (Å²) in [5.74, 6) is 0.558. The first-order chi connectivity index (χ1) is 8.49. The highest BCUT2D eigenvalue weighted by Gasteiger charge is 2.44. The van der Waals surface area contributed by atoms with E-state index in [-0.39, 0.29) is 11.6 Å². The van der Waals surface area contributed by atoms with Crippen LogP contribution in [0.4, 0.5) is 0 Å². The van der Waals surface area contributed by atoms with E-state index in [1.165, 1.54) is 12.8 Å². The maximum atomic E-state index is 6.51. The third-order valence-corrected chi connectivity index (χ3v) is 6.63. The fraction of sp³-hybridized carbons (Fsp3) is 0.857. The zero-order valence-electron chi connectivity index (χ0n) is 11.9. The molecule has 2 rings (SSSR count). The lowest BCUT2D eigenvalue weighted by atomic mass is 9.72. The van der Waals surface area contributed by atoms with Crippen LogP contribution in [0.25, 0.3) is 0 Å². The molecule has 0 radical (unpaired) electrons. The van der Waals surface area contributed by atoms with Gasteiger partial charge in [0.15, 0.2) is 0 Å². The van der Waals surface area contributed by atoms with E-state index in [0.29, 0.717) is 11.2 Å². The minimum atomic E-state index is -0.0428. The van der Waals surface area contributed by atoms with E-state index in [2.05, 4.69) is 49.6 Å². The van der Waals surface area contributed by atoms with Crippen LogP contribution < -0.4 is 10.5 Å². The number of nitrogens with two attached hydrogens (primary N) is 1. The molecule has 1 heterocycles. The van der Waals surface area contributed by atoms with Gasteiger partial charge in [0.2, 0.25) is 0 Å². The quantitative estimate of drug-likeness (QED) is 0.617. The molecule has 5 unspecified atom stereocenters. The number of rotatable bonds is 3. The third kappa shape index (κ3) is 2.62. The SMILES string of the molecule is CSNC1(C)C(C2CCC(C)S2)=CCC(C)C1N. The molecule has 0 aromatic carbocycles. The summed E-state index contributed by atoms with van der Waals surface area (Å²) < 4.78 is 3.59. The van der Waals surface area contributed by atoms with Crippen molar-refractivity contribution < 1.29 is 0 Å². The highest BCUT2D eigenvalue weighted by molar-refractivity contribution is 8.01. The van der Waals surface area contributed by atoms with Gasteiger partial charge >= 0.3 is 0 Å². The molecule has 3 N–H and O–H groups in total. The predicted octanol–water partition coefficient (Wildman–Crippen LogP) is 3.19. The fourth-order valence-electron chi connectivity index (χ4n) is 3.27. The van der Waals surface area contributed by atoms with Crippen molar-refractivity contribution in [3.05, 3.63) is 11.6 Å². The minimum Gasteiger partial charge on any atom is -0.326 e. The molecule has 0 saturated carbocycles. The van der Waals surface area contributed by atoms with Gasteiger partial charge in [-0.2, -0.15) is 11.8 Å². The first-order valence-electron chi connectivity index (χ1n) is 6.90. The Balaban J connectivity index is 2.25. The second-order valence-corrected chi connectivity index (χ2v) is 8.18. The summed E-state index contributed by atoms with van der Waals surface area (Å²) in [4.78, 5) is 0. The maximum absolute atomic E-state index is 6.51. The molecule has 5 atom stereocenters. The van der Waals surface area contributed by atoms with E-state index >= 15 is 0 Å². The Kier molecular flexibility index (Phi) is 4.74. The molecule has 2 nitrogen and oxygen atoms in total. The van der Waals surface area contributed by atoms with Crippen molar-refractivity contribution in [2.45, 2.75) is 62.1 Å². The lowest BCUT2D eigenvalue weighted by Gasteiger charge is -2.45. The summed E-state index contributed by atoms with van der Waals surface area (Å²) in [5.41, 5.74) is 8.02. The van der Waals surface area contributed by atoms with Crippen LogP contribution in [0.5, 0.6) is 0 Å². The summed E-state index contributed by atoms with van der Waals surface area (Å²) in [5, 5.41) is 1.47. The van der Waals surface area contributed by atoms with Crippen LogP contribution in [0, 0.1) is 5.92 Å². The summed E-state index contributed by atoms with van der Waals surface area (Å²) in [6.07, 6.45) is 8.34. The van der Waals surface area contributed by atoms with Gasteiger partial charge in [0.1, 0.15) is 0 Å². The standard InChI is InChI=1S/C14H26N2S2/c1-9-5-7-11(12-8-6-10(2)18-12)14(3,13(9)15)16-17-4/h7,9-10,12-13,16H,5-6,8,15H2,1-4H3. The van der Waals surface area contributed by atoms with Crippen LogP contribution in [0.15, 0.2) is 11.6 Å². The van der Waals surface area contributed by atoms with E-state index in [1.54, 1.807) is 17.5 Å². The number of thioether (sulfide) groups is 1. The van der Waals surface area contributed by atoms with Gasteiger partial charge in [-0.25, -0.2) is 0 Å². The maximum Gasteiger partial charge on any atom is 0.0627 e. The minimum absolute atomic E-state index is 0.0428. The summed E-state index contributed by atoms with van der Waals surface area (Å²) in [6.45, 7) is 6.90. The molecule has 18 heavy (non-hydrogen) atoms. The molecule has 104 valence electrons. The van der Waals surface area contributed by atoms with Crippen molar-refractivity contribution >= 4 is 23.7 Å². The van der Waals surface area contributed by atoms with Crippen LogP contribution >= 0.6 is 23.7 Å². The molecule has 1 fully saturated rings. The van der Waals surface area contributed by atoms with Crippen molar-refractivity contribution in [2.75, 3.05) is 6.26 Å². The lowest BCUT2D eigenvalue weighted by Crippen LogP contribution is -2.60. The van der Waals surface area contributed by atoms with Crippen molar-refractivity contribution in [1.82, 2.24) is 4.72 Å². The van der Waals surface area contributed by atoms with Crippen molar-refractivity contribution in [2.24, 2.45) is 11.7 Å². The van der Waals surface area contributed by atoms with Crippen molar-refractivity contribution in [1.29, 1.82) is 0 Å². The highest BCUT2D eigenvalue weighted by Crippen LogP contribution is 2.45. The highest BCUT2D eigenvalue weighted by atomic mass is 32.2. The summed E-state index contributed by atoms with van der Waals surface area (Å²) in [6, 6.07) is 0.210. The third-order valence-electron chi connectivity index (χ3n) is 4.48. The number of allylic oxidation sites excluding steroid dienone is 1. The van der Waals surface area contributed by atoms with Crippen LogP contribution in [-0.4, -0.2) is 28.3 Å². The fourth-order valence-corrected chi connectivity index (χ4v) is 5.54. The Morgan fingerprint density at radius 3 is 2.72 bits per heavy atom. The second-order valence-electron chi connectivity index (χ2n) is 5.92. The van der Waals surface area contributed by atoms with Gasteiger partial charge in [-0.3, -0.25) is 4.72 Å². The van der Waals surface area contributed by atoms with E-state index in [1.807, 2.05) is 0 Å². The zero-order chi connectivity index (χ0) is 13.3. The van der Waals surface area contributed by atoms with Gasteiger partial charge in [0.05, 0.1) is 5.54 Å². The molecular weight excluding hydrogens is 260 g/mol. The van der Waals surface area contributed by atoms with Gasteiger partial charge in [0, 0.05) is 16.5 Å². The largest absolute Gasteiger partial charge is 0.326 e. The molecule has 0 aromatic heterocycles. The van der Waals surface area contributed by atoms with E-state index in [4.69, 9.17) is 5.73 Å². The van der Waals surface area contributed by atoms with E-state index in [0.717, 1.165) is 11.7 Å². The van der Waals surface area contributed by atoms with Gasteiger partial charge in [0.25, 0.3) is 0 Å². The van der Waals surface area contributed by atoms with Gasteiger partial charge in [-0.05, 0) is 43.9 Å². The topological polar surface area (TPSA) is 38.0 Å². The number of nitrogens with one attached hydrogen (secondary N) is 1. The van der Waals surface area contributed by atoms with Crippen LogP contribution in [-0.2, 0) is 0 Å². The van der Waals surface area contributed by atoms with Crippen LogP contribution in [0.1, 0.15) is 40.0 Å². The molecule has 1 aliphatic heterocycles. The van der Waals surface area contributed by atoms with Gasteiger partial charge < -0.3 is 5.73 Å². The zero-order valence-corrected chi connectivity index (χ0v) is 13.5. The number of hydrogen-bond acceptors (Lipinski definition) is 4. The smallest absolute Gasteiger partial charge is 0.0627 e. The van der Waals surface area contributed by atoms with E-state index < -0.39 is 0 Å². The first-order valence-corrected chi connectivity index (χ1v) is 9.07. The Hall–Kier alpha value is 0.360. The summed E-state index contributed by atoms with van der Waals surface area (Å²) in [7, 11) is 0. The van der Waals surface area contributed by atoms with E-state index in [9.17, 15) is 0 Å². The molecule has 1 aliphatic carbocycles. The van der Waals surface area contributed by atoms with Gasteiger partial charge in [-0.1, -0.05) is 31.9 Å². The van der Waals surface area contributed by atoms with Gasteiger partial charge in [-0.15, -0.1) is 0 Å². The summed E-state index contributed by atoms with van der Waals surface area (Å²) >= 11 is 3.83. The lowest BCUT2D eigenvalue weighted by molar-refractivity contribution is 0.291. The monoisotopic (exact) mass is 286 g/mol. The predicted molar refractivity (Wildman–Crippen MR) is 85.0 cm³/mol. The molecule has 1 saturated heterocycles. The first kappa shape index (κ1) is 14.8. The van der Waals surface area contributed by atoms with Crippen LogP contribution in [0.2, 0.25) is 0 Å². The Morgan fingerprint density at radius 2 is 2.17 bits per heavy atom. The molecular formula is C14H26N2S2. The van der Waals surface area contributed by atoms with Crippen molar-refractivity contribution in [3.8, 4) is 0 Å².